The molecule has 0 spiro atoms. The predicted molar refractivity (Wildman–Crippen MR) is 71.1 cm³/mol. The molecule has 0 bridgehead atoms. The van der Waals surface area contributed by atoms with Crippen LogP contribution in [0.2, 0.25) is 0 Å². The second kappa shape index (κ2) is 7.78. The topological polar surface area (TPSA) is 372 Å². The Morgan fingerprint density at radius 3 is 1.28 bits per heavy atom. The molecule has 0 saturated carbocycles. The van der Waals surface area contributed by atoms with Crippen LogP contribution in [0.25, 0.3) is 0 Å². The minimum atomic E-state index is -5.49. The molecule has 0 aromatic heterocycles. The molecule has 1 fully saturated rings. The average Bonchev–Trinajstić information content (AvgIpc) is 2.56. The standard InChI is InChI=1S/C6H7N5O21/c12-1-2(28-7(17)18)3(13,29-8(19)20)4(14,30-9(21)22)5(15,31-10(23)24)6(16,27-2)32-11(25)26/h12-16H,1H2/t2-,3-,4+,5-,6?/m1/s1. The molecule has 182 valence electrons. The highest BCUT2D eigenvalue weighted by molar-refractivity contribution is 5.11. The van der Waals surface area contributed by atoms with Gasteiger partial charge in [-0.1, -0.05) is 0 Å². The Kier molecular flexibility index (Phi) is 6.28. The number of hydrogen-bond acceptors (Lipinski definition) is 21. The first-order valence-electron chi connectivity index (χ1n) is 6.73. The van der Waals surface area contributed by atoms with Crippen molar-refractivity contribution < 1.29 is 79.9 Å². The van der Waals surface area contributed by atoms with E-state index in [4.69, 9.17) is 0 Å². The maximum atomic E-state index is 10.8. The monoisotopic (exact) mass is 485 g/mol. The smallest absolute Gasteiger partial charge is 0.385 e. The first-order chi connectivity index (χ1) is 14.4. The van der Waals surface area contributed by atoms with Crippen molar-refractivity contribution in [3.8, 4) is 0 Å². The van der Waals surface area contributed by atoms with E-state index in [0.717, 1.165) is 0 Å². The van der Waals surface area contributed by atoms with Crippen LogP contribution in [0.4, 0.5) is 0 Å². The normalized spacial score (nSPS) is 36.3. The van der Waals surface area contributed by atoms with E-state index in [0.29, 0.717) is 0 Å². The van der Waals surface area contributed by atoms with Gasteiger partial charge in [-0.2, -0.15) is 0 Å². The predicted octanol–water partition coefficient (Wildman–Crippen LogP) is -5.54. The van der Waals surface area contributed by atoms with Gasteiger partial charge in [0.25, 0.3) is 25.4 Å². The molecule has 0 aliphatic carbocycles. The highest BCUT2D eigenvalue weighted by Gasteiger charge is 2.92. The number of ether oxygens (including phenoxy) is 1. The summed E-state index contributed by atoms with van der Waals surface area (Å²) in [5, 5.41) is 92.9. The molecule has 0 radical (unpaired) electrons. The van der Waals surface area contributed by atoms with Crippen LogP contribution in [0.3, 0.4) is 0 Å². The maximum Gasteiger partial charge on any atom is 0.385 e. The summed E-state index contributed by atoms with van der Waals surface area (Å²) < 4.78 is 3.90. The quantitative estimate of drug-likeness (QED) is 0.103. The molecule has 26 heteroatoms. The fourth-order valence-corrected chi connectivity index (χ4v) is 2.31. The van der Waals surface area contributed by atoms with Gasteiger partial charge in [0, 0.05) is 0 Å². The van der Waals surface area contributed by atoms with Crippen molar-refractivity contribution in [3.63, 3.8) is 0 Å². The fourth-order valence-electron chi connectivity index (χ4n) is 2.31. The van der Waals surface area contributed by atoms with Crippen LogP contribution >= 0.6 is 0 Å². The van der Waals surface area contributed by atoms with Crippen LogP contribution in [0, 0.1) is 50.6 Å². The fraction of sp³-hybridized carbons (Fsp3) is 1.00. The Bertz CT molecular complexity index is 833. The molecule has 32 heavy (non-hydrogen) atoms. The van der Waals surface area contributed by atoms with Gasteiger partial charge in [-0.3, -0.25) is 24.1 Å². The Labute approximate surface area is 167 Å². The number of aliphatic hydroxyl groups is 5. The van der Waals surface area contributed by atoms with E-state index in [1.54, 1.807) is 0 Å². The van der Waals surface area contributed by atoms with Crippen molar-refractivity contribution in [1.29, 1.82) is 0 Å². The van der Waals surface area contributed by atoms with Crippen molar-refractivity contribution in [3.05, 3.63) is 50.6 Å². The Hall–Kier alpha value is -4.24. The third-order valence-electron chi connectivity index (χ3n) is 3.41. The molecular formula is C6H7N5O21. The molecule has 1 rings (SSSR count). The van der Waals surface area contributed by atoms with Gasteiger partial charge < -0.3 is 25.5 Å². The molecule has 5 N–H and O–H groups in total. The third-order valence-corrected chi connectivity index (χ3v) is 3.41. The Balaban J connectivity index is 4.20. The lowest BCUT2D eigenvalue weighted by atomic mass is 9.84. The zero-order chi connectivity index (χ0) is 25.3. The van der Waals surface area contributed by atoms with E-state index in [-0.39, 0.29) is 0 Å². The second-order valence-corrected chi connectivity index (χ2v) is 5.10. The number of aliphatic hydroxyl groups excluding tert-OH is 1. The van der Waals surface area contributed by atoms with Gasteiger partial charge in [-0.25, -0.2) is 4.84 Å². The van der Waals surface area contributed by atoms with Crippen LogP contribution in [0.15, 0.2) is 0 Å². The SMILES string of the molecule is O=[N+]([O-])OC1(O)O[C@](CO)(O[N+](=O)[O-])[C@@](O)(O[N+](=O)[O-])[C@](O)(O[N+](=O)[O-])[C@@]1(O)O[N+](=O)[O-]. The molecule has 5 atom stereocenters. The van der Waals surface area contributed by atoms with Crippen molar-refractivity contribution >= 4 is 0 Å². The zero-order valence-corrected chi connectivity index (χ0v) is 14.2. The van der Waals surface area contributed by atoms with Crippen LogP contribution in [0.5, 0.6) is 0 Å². The van der Waals surface area contributed by atoms with Gasteiger partial charge in [0.05, 0.1) is 0 Å². The Morgan fingerprint density at radius 2 is 0.938 bits per heavy atom. The van der Waals surface area contributed by atoms with Crippen LogP contribution < -0.4 is 0 Å². The lowest BCUT2D eigenvalue weighted by molar-refractivity contribution is -0.943. The van der Waals surface area contributed by atoms with Crippen molar-refractivity contribution in [2.24, 2.45) is 0 Å². The molecule has 1 unspecified atom stereocenters. The first kappa shape index (κ1) is 25.8. The van der Waals surface area contributed by atoms with E-state index in [1.165, 1.54) is 0 Å². The van der Waals surface area contributed by atoms with E-state index in [1.807, 2.05) is 0 Å². The van der Waals surface area contributed by atoms with Gasteiger partial charge in [0.15, 0.2) is 0 Å². The largest absolute Gasteiger partial charge is 0.391 e. The van der Waals surface area contributed by atoms with Crippen molar-refractivity contribution in [2.75, 3.05) is 6.61 Å². The molecule has 1 saturated heterocycles. The van der Waals surface area contributed by atoms with Gasteiger partial charge in [0.2, 0.25) is 0 Å². The summed E-state index contributed by atoms with van der Waals surface area (Å²) >= 11 is 0. The average molecular weight is 485 g/mol. The zero-order valence-electron chi connectivity index (χ0n) is 14.2. The van der Waals surface area contributed by atoms with Crippen LogP contribution in [-0.2, 0) is 28.9 Å². The summed E-state index contributed by atoms with van der Waals surface area (Å²) in [6, 6.07) is 0. The van der Waals surface area contributed by atoms with Gasteiger partial charge in [0.1, 0.15) is 6.61 Å². The summed E-state index contributed by atoms with van der Waals surface area (Å²) in [6.07, 6.45) is 0. The molecule has 0 amide bonds. The van der Waals surface area contributed by atoms with Crippen molar-refractivity contribution in [2.45, 2.75) is 29.1 Å². The maximum absolute atomic E-state index is 10.8. The molecule has 1 heterocycles. The second-order valence-electron chi connectivity index (χ2n) is 5.10. The molecule has 0 aromatic carbocycles. The van der Waals surface area contributed by atoms with Gasteiger partial charge in [-0.15, -0.1) is 50.6 Å². The van der Waals surface area contributed by atoms with E-state index < -0.39 is 61.2 Å². The summed E-state index contributed by atoms with van der Waals surface area (Å²) in [7, 11) is 0. The van der Waals surface area contributed by atoms with E-state index in [2.05, 4.69) is 28.9 Å². The first-order valence-corrected chi connectivity index (χ1v) is 6.73. The molecule has 26 nitrogen and oxygen atoms in total. The number of nitrogens with zero attached hydrogens (tertiary/aromatic N) is 5. The summed E-state index contributed by atoms with van der Waals surface area (Å²) in [6.45, 7) is -2.50. The summed E-state index contributed by atoms with van der Waals surface area (Å²) in [5.41, 5.74) is 0. The molecule has 0 aromatic rings. The third kappa shape index (κ3) is 3.65. The Morgan fingerprint density at radius 1 is 0.594 bits per heavy atom. The van der Waals surface area contributed by atoms with Crippen LogP contribution in [0.1, 0.15) is 0 Å². The lowest BCUT2D eigenvalue weighted by Crippen LogP contribution is -2.91. The highest BCUT2D eigenvalue weighted by atomic mass is 17.1. The van der Waals surface area contributed by atoms with Crippen LogP contribution in [-0.4, -0.2) is 86.7 Å². The van der Waals surface area contributed by atoms with Crippen molar-refractivity contribution in [1.82, 2.24) is 0 Å². The molecular weight excluding hydrogens is 478 g/mol. The number of rotatable bonds is 11. The molecule has 1 aliphatic heterocycles. The summed E-state index contributed by atoms with van der Waals surface area (Å²) in [5.74, 6) is -26.0. The lowest BCUT2D eigenvalue weighted by Gasteiger charge is -2.59. The minimum Gasteiger partial charge on any atom is -0.391 e. The highest BCUT2D eigenvalue weighted by Crippen LogP contribution is 2.55. The molecule has 1 aliphatic rings. The van der Waals surface area contributed by atoms with Gasteiger partial charge >= 0.3 is 29.1 Å². The van der Waals surface area contributed by atoms with E-state index >= 15 is 0 Å². The number of hydrogen-bond donors (Lipinski definition) is 5. The minimum absolute atomic E-state index is 2.16. The van der Waals surface area contributed by atoms with E-state index in [9.17, 15) is 76.1 Å². The van der Waals surface area contributed by atoms with Gasteiger partial charge in [-0.05, 0) is 0 Å². The summed E-state index contributed by atoms with van der Waals surface area (Å²) in [4.78, 5) is 70.4.